The Morgan fingerprint density at radius 3 is 2.52 bits per heavy atom. The highest BCUT2D eigenvalue weighted by atomic mass is 32.2. The predicted octanol–water partition coefficient (Wildman–Crippen LogP) is 1.64. The Hall–Kier alpha value is -1.76. The molecule has 114 valence electrons. The third-order valence-electron chi connectivity index (χ3n) is 3.39. The number of nitrogens with zero attached hydrogens (tertiary/aromatic N) is 1. The molecule has 0 aromatic heterocycles. The number of halogens is 1. The van der Waals surface area contributed by atoms with Gasteiger partial charge in [-0.05, 0) is 37.5 Å². The van der Waals surface area contributed by atoms with Crippen molar-refractivity contribution < 1.29 is 23.3 Å². The number of carbonyl (C=O) groups is 2. The third kappa shape index (κ3) is 3.87. The van der Waals surface area contributed by atoms with Gasteiger partial charge in [-0.2, -0.15) is 0 Å². The van der Waals surface area contributed by atoms with Crippen molar-refractivity contribution in [2.75, 3.05) is 18.8 Å². The number of carboxylic acid groups (broad SMARTS) is 1. The Morgan fingerprint density at radius 1 is 1.24 bits per heavy atom. The molecule has 1 amide bonds. The maximum absolute atomic E-state index is 13.7. The van der Waals surface area contributed by atoms with E-state index in [0.717, 1.165) is 37.5 Å². The molecule has 1 heterocycles. The second-order valence-corrected chi connectivity index (χ2v) is 6.30. The summed E-state index contributed by atoms with van der Waals surface area (Å²) in [6.45, 7) is 1.27. The first-order valence-corrected chi connectivity index (χ1v) is 8.00. The Labute approximate surface area is 124 Å². The lowest BCUT2D eigenvalue weighted by molar-refractivity contribution is -0.129. The molecule has 1 unspecified atom stereocenters. The number of hydrogen-bond acceptors (Lipinski definition) is 3. The number of rotatable bonds is 4. The highest BCUT2D eigenvalue weighted by molar-refractivity contribution is 7.85. The first-order chi connectivity index (χ1) is 9.99. The molecular weight excluding hydrogens is 297 g/mol. The fourth-order valence-corrected chi connectivity index (χ4v) is 3.34. The molecule has 2 rings (SSSR count). The number of likely N-dealkylation sites (tertiary alicyclic amines) is 1. The van der Waals surface area contributed by atoms with Gasteiger partial charge in [0.1, 0.15) is 11.6 Å². The van der Waals surface area contributed by atoms with E-state index in [4.69, 9.17) is 5.11 Å². The van der Waals surface area contributed by atoms with Crippen LogP contribution in [0.15, 0.2) is 23.1 Å². The molecule has 1 aliphatic heterocycles. The molecule has 0 bridgehead atoms. The van der Waals surface area contributed by atoms with E-state index in [-0.39, 0.29) is 22.1 Å². The number of benzene rings is 1. The van der Waals surface area contributed by atoms with Crippen molar-refractivity contribution >= 4 is 22.7 Å². The van der Waals surface area contributed by atoms with E-state index in [1.54, 1.807) is 4.90 Å². The van der Waals surface area contributed by atoms with E-state index in [1.807, 2.05) is 0 Å². The van der Waals surface area contributed by atoms with Gasteiger partial charge in [0.05, 0.1) is 21.3 Å². The summed E-state index contributed by atoms with van der Waals surface area (Å²) in [5.74, 6) is -2.59. The van der Waals surface area contributed by atoms with Crippen molar-refractivity contribution in [3.8, 4) is 0 Å². The maximum atomic E-state index is 13.7. The van der Waals surface area contributed by atoms with Gasteiger partial charge in [-0.1, -0.05) is 0 Å². The summed E-state index contributed by atoms with van der Waals surface area (Å²) in [5, 5.41) is 8.87. The van der Waals surface area contributed by atoms with E-state index in [9.17, 15) is 18.2 Å². The number of aromatic carboxylic acids is 1. The van der Waals surface area contributed by atoms with Gasteiger partial charge in [0, 0.05) is 13.1 Å². The molecule has 1 aromatic carbocycles. The molecule has 7 heteroatoms. The van der Waals surface area contributed by atoms with Crippen LogP contribution in [0.1, 0.15) is 29.6 Å². The smallest absolute Gasteiger partial charge is 0.335 e. The lowest BCUT2D eigenvalue weighted by atomic mass is 10.1. The summed E-state index contributed by atoms with van der Waals surface area (Å²) >= 11 is 0. The number of piperidine rings is 1. The minimum atomic E-state index is -1.88. The van der Waals surface area contributed by atoms with Gasteiger partial charge >= 0.3 is 5.97 Å². The van der Waals surface area contributed by atoms with Crippen LogP contribution in [-0.2, 0) is 15.6 Å². The quantitative estimate of drug-likeness (QED) is 0.917. The number of amides is 1. The molecule has 1 fully saturated rings. The van der Waals surface area contributed by atoms with Gasteiger partial charge in [-0.3, -0.25) is 9.00 Å². The Balaban J connectivity index is 2.10. The van der Waals surface area contributed by atoms with Crippen LogP contribution >= 0.6 is 0 Å². The SMILES string of the molecule is O=C(O)c1ccc(F)c(S(=O)CC(=O)N2CCCCC2)c1. The predicted molar refractivity (Wildman–Crippen MR) is 75.1 cm³/mol. The molecule has 1 aromatic rings. The fourth-order valence-electron chi connectivity index (χ4n) is 2.24. The molecule has 1 N–H and O–H groups in total. The van der Waals surface area contributed by atoms with E-state index in [1.165, 1.54) is 0 Å². The third-order valence-corrected chi connectivity index (χ3v) is 4.70. The van der Waals surface area contributed by atoms with Crippen LogP contribution in [0.2, 0.25) is 0 Å². The molecular formula is C14H16FNO4S. The first kappa shape index (κ1) is 15.6. The maximum Gasteiger partial charge on any atom is 0.335 e. The van der Waals surface area contributed by atoms with Crippen LogP contribution in [0.4, 0.5) is 4.39 Å². The van der Waals surface area contributed by atoms with Crippen LogP contribution in [0.3, 0.4) is 0 Å². The van der Waals surface area contributed by atoms with Gasteiger partial charge in [-0.25, -0.2) is 9.18 Å². The Bertz CT molecular complexity index is 584. The summed E-state index contributed by atoms with van der Waals surface area (Å²) in [6, 6.07) is 3.09. The molecule has 1 atom stereocenters. The van der Waals surface area contributed by atoms with Gasteiger partial charge in [0.25, 0.3) is 0 Å². The van der Waals surface area contributed by atoms with E-state index in [2.05, 4.69) is 0 Å². The number of carbonyl (C=O) groups excluding carboxylic acids is 1. The van der Waals surface area contributed by atoms with Crippen molar-refractivity contribution in [2.45, 2.75) is 24.2 Å². The topological polar surface area (TPSA) is 74.7 Å². The summed E-state index contributed by atoms with van der Waals surface area (Å²) < 4.78 is 25.8. The fraction of sp³-hybridized carbons (Fsp3) is 0.429. The zero-order valence-corrected chi connectivity index (χ0v) is 12.2. The average molecular weight is 313 g/mol. The molecule has 0 radical (unpaired) electrons. The van der Waals surface area contributed by atoms with Gasteiger partial charge in [0.2, 0.25) is 5.91 Å². The van der Waals surface area contributed by atoms with Crippen molar-refractivity contribution in [2.24, 2.45) is 0 Å². The normalized spacial score (nSPS) is 16.5. The first-order valence-electron chi connectivity index (χ1n) is 6.68. The standard InChI is InChI=1S/C14H16FNO4S/c15-11-5-4-10(14(18)19)8-12(11)21(20)9-13(17)16-6-2-1-3-7-16/h4-5,8H,1-3,6-7,9H2,(H,18,19). The molecule has 0 spiro atoms. The second kappa shape index (κ2) is 6.80. The van der Waals surface area contributed by atoms with Gasteiger partial charge < -0.3 is 10.0 Å². The van der Waals surface area contributed by atoms with Gasteiger partial charge in [0.15, 0.2) is 0 Å². The van der Waals surface area contributed by atoms with Crippen molar-refractivity contribution in [3.05, 3.63) is 29.6 Å². The summed E-state index contributed by atoms with van der Waals surface area (Å²) in [7, 11) is -1.88. The van der Waals surface area contributed by atoms with E-state index < -0.39 is 22.6 Å². The molecule has 21 heavy (non-hydrogen) atoms. The van der Waals surface area contributed by atoms with Crippen molar-refractivity contribution in [1.29, 1.82) is 0 Å². The van der Waals surface area contributed by atoms with Crippen LogP contribution in [0.5, 0.6) is 0 Å². The lowest BCUT2D eigenvalue weighted by Crippen LogP contribution is -2.38. The zero-order valence-electron chi connectivity index (χ0n) is 11.4. The number of carboxylic acids is 1. The zero-order chi connectivity index (χ0) is 15.4. The second-order valence-electron chi connectivity index (χ2n) is 4.88. The molecule has 1 saturated heterocycles. The van der Waals surface area contributed by atoms with Crippen molar-refractivity contribution in [1.82, 2.24) is 4.90 Å². The minimum absolute atomic E-state index is 0.148. The van der Waals surface area contributed by atoms with Crippen LogP contribution in [-0.4, -0.2) is 44.9 Å². The molecule has 0 saturated carbocycles. The number of hydrogen-bond donors (Lipinski definition) is 1. The summed E-state index contributed by atoms with van der Waals surface area (Å²) in [4.78, 5) is 24.3. The minimum Gasteiger partial charge on any atom is -0.478 e. The monoisotopic (exact) mass is 313 g/mol. The van der Waals surface area contributed by atoms with Gasteiger partial charge in [-0.15, -0.1) is 0 Å². The lowest BCUT2D eigenvalue weighted by Gasteiger charge is -2.26. The van der Waals surface area contributed by atoms with Crippen LogP contribution in [0, 0.1) is 5.82 Å². The molecule has 5 nitrogen and oxygen atoms in total. The van der Waals surface area contributed by atoms with E-state index in [0.29, 0.717) is 13.1 Å². The van der Waals surface area contributed by atoms with Crippen molar-refractivity contribution in [3.63, 3.8) is 0 Å². The largest absolute Gasteiger partial charge is 0.478 e. The summed E-state index contributed by atoms with van der Waals surface area (Å²) in [5.41, 5.74) is -0.148. The van der Waals surface area contributed by atoms with E-state index >= 15 is 0 Å². The summed E-state index contributed by atoms with van der Waals surface area (Å²) in [6.07, 6.45) is 2.91. The van der Waals surface area contributed by atoms with Crippen LogP contribution in [0.25, 0.3) is 0 Å². The molecule has 1 aliphatic rings. The highest BCUT2D eigenvalue weighted by Crippen LogP contribution is 2.17. The molecule has 0 aliphatic carbocycles. The van der Waals surface area contributed by atoms with Crippen LogP contribution < -0.4 is 0 Å². The Morgan fingerprint density at radius 2 is 1.90 bits per heavy atom. The average Bonchev–Trinajstić information content (AvgIpc) is 2.48. The highest BCUT2D eigenvalue weighted by Gasteiger charge is 2.21. The Kier molecular flexibility index (Phi) is 5.06.